The molecule has 130 valence electrons. The minimum Gasteiger partial charge on any atom is -0.496 e. The van der Waals surface area contributed by atoms with E-state index in [1.165, 1.54) is 31.4 Å². The summed E-state index contributed by atoms with van der Waals surface area (Å²) in [5, 5.41) is 12.4. The molecule has 0 amide bonds. The van der Waals surface area contributed by atoms with Gasteiger partial charge < -0.3 is 15.2 Å². The summed E-state index contributed by atoms with van der Waals surface area (Å²) in [5.41, 5.74) is 1.32. The van der Waals surface area contributed by atoms with Crippen molar-refractivity contribution in [2.75, 3.05) is 13.7 Å². The SMILES string of the molecule is COc1cc(F)ccc1-c1ccc(F)c(CN[C@@H](CO)C(C)C)n1. The molecule has 0 aliphatic heterocycles. The largest absolute Gasteiger partial charge is 0.496 e. The summed E-state index contributed by atoms with van der Waals surface area (Å²) in [7, 11) is 1.44. The molecule has 2 N–H and O–H groups in total. The molecule has 4 nitrogen and oxygen atoms in total. The highest BCUT2D eigenvalue weighted by Crippen LogP contribution is 2.29. The first kappa shape index (κ1) is 18.3. The summed E-state index contributed by atoms with van der Waals surface area (Å²) in [6, 6.07) is 6.83. The number of nitrogens with one attached hydrogen (secondary N) is 1. The van der Waals surface area contributed by atoms with Gasteiger partial charge >= 0.3 is 0 Å². The van der Waals surface area contributed by atoms with Crippen LogP contribution in [-0.2, 0) is 6.54 Å². The highest BCUT2D eigenvalue weighted by Gasteiger charge is 2.15. The summed E-state index contributed by atoms with van der Waals surface area (Å²) in [4.78, 5) is 4.32. The molecule has 1 atom stereocenters. The minimum atomic E-state index is -0.437. The van der Waals surface area contributed by atoms with Crippen LogP contribution in [0.3, 0.4) is 0 Å². The van der Waals surface area contributed by atoms with Crippen LogP contribution in [0.25, 0.3) is 11.3 Å². The van der Waals surface area contributed by atoms with Crippen molar-refractivity contribution in [3.05, 3.63) is 47.7 Å². The van der Waals surface area contributed by atoms with Gasteiger partial charge in [-0.05, 0) is 30.2 Å². The lowest BCUT2D eigenvalue weighted by atomic mass is 10.1. The maximum atomic E-state index is 14.0. The van der Waals surface area contributed by atoms with Gasteiger partial charge in [-0.2, -0.15) is 0 Å². The number of aliphatic hydroxyl groups is 1. The molecular weight excluding hydrogens is 314 g/mol. The van der Waals surface area contributed by atoms with Crippen LogP contribution in [0.1, 0.15) is 19.5 Å². The number of hydrogen-bond acceptors (Lipinski definition) is 4. The van der Waals surface area contributed by atoms with Crippen LogP contribution in [0.4, 0.5) is 8.78 Å². The number of halogens is 2. The normalized spacial score (nSPS) is 12.5. The molecule has 0 aliphatic carbocycles. The van der Waals surface area contributed by atoms with Gasteiger partial charge in [-0.1, -0.05) is 13.8 Å². The maximum Gasteiger partial charge on any atom is 0.146 e. The van der Waals surface area contributed by atoms with Crippen LogP contribution in [0.15, 0.2) is 30.3 Å². The van der Waals surface area contributed by atoms with Crippen LogP contribution in [0.5, 0.6) is 5.75 Å². The number of aromatic nitrogens is 1. The molecule has 0 fully saturated rings. The van der Waals surface area contributed by atoms with E-state index in [0.717, 1.165) is 0 Å². The Morgan fingerprint density at radius 1 is 1.21 bits per heavy atom. The molecule has 0 saturated heterocycles. The molecule has 0 radical (unpaired) electrons. The molecule has 2 aromatic rings. The lowest BCUT2D eigenvalue weighted by Crippen LogP contribution is -2.36. The van der Waals surface area contributed by atoms with E-state index in [-0.39, 0.29) is 30.8 Å². The van der Waals surface area contributed by atoms with Gasteiger partial charge in [0.05, 0.1) is 25.1 Å². The van der Waals surface area contributed by atoms with Crippen molar-refractivity contribution < 1.29 is 18.6 Å². The van der Waals surface area contributed by atoms with Gasteiger partial charge in [0.1, 0.15) is 17.4 Å². The van der Waals surface area contributed by atoms with Crippen molar-refractivity contribution in [2.24, 2.45) is 5.92 Å². The highest BCUT2D eigenvalue weighted by atomic mass is 19.1. The predicted octanol–water partition coefficient (Wildman–Crippen LogP) is 3.14. The third-order valence-corrected chi connectivity index (χ3v) is 3.89. The number of hydrogen-bond donors (Lipinski definition) is 2. The third-order valence-electron chi connectivity index (χ3n) is 3.89. The number of aliphatic hydroxyl groups excluding tert-OH is 1. The zero-order chi connectivity index (χ0) is 17.7. The Balaban J connectivity index is 2.29. The van der Waals surface area contributed by atoms with Gasteiger partial charge in [0.15, 0.2) is 0 Å². The fourth-order valence-corrected chi connectivity index (χ4v) is 2.37. The van der Waals surface area contributed by atoms with Crippen molar-refractivity contribution in [1.82, 2.24) is 10.3 Å². The minimum absolute atomic E-state index is 0.0369. The fourth-order valence-electron chi connectivity index (χ4n) is 2.37. The van der Waals surface area contributed by atoms with Crippen LogP contribution in [-0.4, -0.2) is 29.8 Å². The van der Waals surface area contributed by atoms with E-state index in [1.54, 1.807) is 6.07 Å². The van der Waals surface area contributed by atoms with Gasteiger partial charge in [0.25, 0.3) is 0 Å². The lowest BCUT2D eigenvalue weighted by molar-refractivity contribution is 0.209. The second-order valence-corrected chi connectivity index (χ2v) is 5.88. The van der Waals surface area contributed by atoms with Gasteiger partial charge in [0.2, 0.25) is 0 Å². The van der Waals surface area contributed by atoms with Crippen molar-refractivity contribution in [3.8, 4) is 17.0 Å². The smallest absolute Gasteiger partial charge is 0.146 e. The second-order valence-electron chi connectivity index (χ2n) is 5.88. The second kappa shape index (κ2) is 8.17. The standard InChI is InChI=1S/C18H22F2N2O2/c1-11(2)17(10-23)21-9-16-14(20)6-7-15(22-16)13-5-4-12(19)8-18(13)24-3/h4-8,11,17,21,23H,9-10H2,1-3H3/t17-/m0/s1. The Morgan fingerprint density at radius 3 is 2.58 bits per heavy atom. The molecule has 1 heterocycles. The van der Waals surface area contributed by atoms with Crippen LogP contribution in [0, 0.1) is 17.6 Å². The van der Waals surface area contributed by atoms with E-state index >= 15 is 0 Å². The summed E-state index contributed by atoms with van der Waals surface area (Å²) in [6.07, 6.45) is 0. The number of benzene rings is 1. The van der Waals surface area contributed by atoms with Gasteiger partial charge in [0, 0.05) is 24.2 Å². The van der Waals surface area contributed by atoms with Gasteiger partial charge in [-0.15, -0.1) is 0 Å². The van der Waals surface area contributed by atoms with Crippen LogP contribution < -0.4 is 10.1 Å². The molecular formula is C18H22F2N2O2. The number of methoxy groups -OCH3 is 1. The van der Waals surface area contributed by atoms with Gasteiger partial charge in [-0.25, -0.2) is 13.8 Å². The molecule has 1 aromatic carbocycles. The van der Waals surface area contributed by atoms with Crippen molar-refractivity contribution in [3.63, 3.8) is 0 Å². The summed E-state index contributed by atoms with van der Waals surface area (Å²) < 4.78 is 32.5. The Morgan fingerprint density at radius 2 is 1.96 bits per heavy atom. The Hall–Kier alpha value is -2.05. The zero-order valence-electron chi connectivity index (χ0n) is 14.0. The van der Waals surface area contributed by atoms with E-state index in [9.17, 15) is 13.9 Å². The average Bonchev–Trinajstić information content (AvgIpc) is 2.56. The predicted molar refractivity (Wildman–Crippen MR) is 88.7 cm³/mol. The van der Waals surface area contributed by atoms with Crippen LogP contribution >= 0.6 is 0 Å². The average molecular weight is 336 g/mol. The Bertz CT molecular complexity index is 693. The first-order valence-corrected chi connectivity index (χ1v) is 7.79. The first-order chi connectivity index (χ1) is 11.5. The molecule has 0 spiro atoms. The zero-order valence-corrected chi connectivity index (χ0v) is 14.0. The number of rotatable bonds is 7. The first-order valence-electron chi connectivity index (χ1n) is 7.79. The summed E-state index contributed by atoms with van der Waals surface area (Å²) >= 11 is 0. The summed E-state index contributed by atoms with van der Waals surface area (Å²) in [5.74, 6) is -0.308. The maximum absolute atomic E-state index is 14.0. The van der Waals surface area contributed by atoms with E-state index in [4.69, 9.17) is 4.74 Å². The molecule has 1 aromatic heterocycles. The van der Waals surface area contributed by atoms with E-state index in [2.05, 4.69) is 10.3 Å². The topological polar surface area (TPSA) is 54.4 Å². The quantitative estimate of drug-likeness (QED) is 0.816. The van der Waals surface area contributed by atoms with Crippen LogP contribution in [0.2, 0.25) is 0 Å². The molecule has 0 aliphatic rings. The van der Waals surface area contributed by atoms with E-state index in [0.29, 0.717) is 17.0 Å². The number of pyridine rings is 1. The third kappa shape index (κ3) is 4.27. The molecule has 0 bridgehead atoms. The number of ether oxygens (including phenoxy) is 1. The Labute approximate surface area is 140 Å². The lowest BCUT2D eigenvalue weighted by Gasteiger charge is -2.20. The molecule has 2 rings (SSSR count). The molecule has 0 unspecified atom stereocenters. The molecule has 0 saturated carbocycles. The van der Waals surface area contributed by atoms with Gasteiger partial charge in [-0.3, -0.25) is 0 Å². The summed E-state index contributed by atoms with van der Waals surface area (Å²) in [6.45, 7) is 4.09. The molecule has 6 heteroatoms. The number of nitrogens with zero attached hydrogens (tertiary/aromatic N) is 1. The fraction of sp³-hybridized carbons (Fsp3) is 0.389. The van der Waals surface area contributed by atoms with E-state index < -0.39 is 11.6 Å². The van der Waals surface area contributed by atoms with E-state index in [1.807, 2.05) is 13.8 Å². The highest BCUT2D eigenvalue weighted by molar-refractivity contribution is 5.67. The monoisotopic (exact) mass is 336 g/mol. The Kier molecular flexibility index (Phi) is 6.23. The molecule has 24 heavy (non-hydrogen) atoms. The van der Waals surface area contributed by atoms with Crippen molar-refractivity contribution >= 4 is 0 Å². The van der Waals surface area contributed by atoms with Crippen molar-refractivity contribution in [2.45, 2.75) is 26.4 Å². The van der Waals surface area contributed by atoms with Crippen molar-refractivity contribution in [1.29, 1.82) is 0 Å².